The molecule has 0 aliphatic carbocycles. The molecule has 3 nitrogen and oxygen atoms in total. The van der Waals surface area contributed by atoms with E-state index in [1.165, 1.54) is 11.1 Å². The van der Waals surface area contributed by atoms with Crippen molar-refractivity contribution in [1.29, 1.82) is 0 Å². The summed E-state index contributed by atoms with van der Waals surface area (Å²) in [5.74, 6) is 0.107. The summed E-state index contributed by atoms with van der Waals surface area (Å²) in [5, 5.41) is 3.59. The number of nitrogens with zero attached hydrogens (tertiary/aromatic N) is 1. The van der Waals surface area contributed by atoms with Crippen LogP contribution in [0.1, 0.15) is 46.0 Å². The molecule has 0 aromatic heterocycles. The number of hydrogen-bond acceptors (Lipinski definition) is 2. The van der Waals surface area contributed by atoms with Crippen LogP contribution in [-0.2, 0) is 0 Å². The van der Waals surface area contributed by atoms with Gasteiger partial charge in [-0.3, -0.25) is 4.79 Å². The number of benzene rings is 2. The largest absolute Gasteiger partial charge is 0.379 e. The summed E-state index contributed by atoms with van der Waals surface area (Å²) in [6.45, 7) is 11.1. The second-order valence-corrected chi connectivity index (χ2v) is 6.89. The van der Waals surface area contributed by atoms with Crippen molar-refractivity contribution < 1.29 is 4.79 Å². The van der Waals surface area contributed by atoms with Crippen LogP contribution in [0.2, 0.25) is 0 Å². The number of amides is 1. The lowest BCUT2D eigenvalue weighted by molar-refractivity contribution is 0.0983. The fourth-order valence-electron chi connectivity index (χ4n) is 3.43. The average Bonchev–Trinajstić information content (AvgIpc) is 2.54. The lowest BCUT2D eigenvalue weighted by atomic mass is 9.98. The molecule has 126 valence electrons. The van der Waals surface area contributed by atoms with Gasteiger partial charge >= 0.3 is 0 Å². The van der Waals surface area contributed by atoms with E-state index in [1.807, 2.05) is 36.9 Å². The van der Waals surface area contributed by atoms with Crippen LogP contribution in [0.4, 0.5) is 11.4 Å². The Morgan fingerprint density at radius 1 is 1.08 bits per heavy atom. The molecule has 0 fully saturated rings. The Morgan fingerprint density at radius 2 is 1.71 bits per heavy atom. The lowest BCUT2D eigenvalue weighted by Crippen LogP contribution is -2.45. The zero-order valence-corrected chi connectivity index (χ0v) is 15.2. The van der Waals surface area contributed by atoms with Crippen LogP contribution in [0, 0.1) is 27.7 Å². The third kappa shape index (κ3) is 2.79. The maximum Gasteiger partial charge on any atom is 0.258 e. The van der Waals surface area contributed by atoms with Gasteiger partial charge in [0, 0.05) is 18.2 Å². The zero-order valence-electron chi connectivity index (χ0n) is 15.2. The number of hydrogen-bond donors (Lipinski definition) is 1. The van der Waals surface area contributed by atoms with E-state index >= 15 is 0 Å². The normalized spacial score (nSPS) is 16.5. The lowest BCUT2D eigenvalue weighted by Gasteiger charge is -2.36. The van der Waals surface area contributed by atoms with Crippen molar-refractivity contribution in [2.24, 2.45) is 0 Å². The van der Waals surface area contributed by atoms with Crippen molar-refractivity contribution in [2.45, 2.75) is 47.1 Å². The molecular weight excluding hydrogens is 296 g/mol. The van der Waals surface area contributed by atoms with E-state index in [1.54, 1.807) is 0 Å². The van der Waals surface area contributed by atoms with Gasteiger partial charge in [0.15, 0.2) is 0 Å². The minimum atomic E-state index is 0.107. The number of fused-ring (bicyclic) bond motifs is 1. The molecule has 0 saturated carbocycles. The zero-order chi connectivity index (χ0) is 17.4. The average molecular weight is 322 g/mol. The van der Waals surface area contributed by atoms with Crippen LogP contribution >= 0.6 is 0 Å². The molecule has 1 aliphatic rings. The Balaban J connectivity index is 2.11. The summed E-state index contributed by atoms with van der Waals surface area (Å²) in [6, 6.07) is 10.6. The highest BCUT2D eigenvalue weighted by molar-refractivity contribution is 6.10. The van der Waals surface area contributed by atoms with Gasteiger partial charge < -0.3 is 10.2 Å². The standard InChI is InChI=1S/C21H26N2O/c1-6-17-12-23(19-11-16(5)15(4)10-18(19)22-17)21(24)20-13(2)8-7-9-14(20)3/h7-11,17,22H,6,12H2,1-5H3. The van der Waals surface area contributed by atoms with E-state index in [0.717, 1.165) is 34.5 Å². The minimum Gasteiger partial charge on any atom is -0.379 e. The fourth-order valence-corrected chi connectivity index (χ4v) is 3.43. The molecule has 1 atom stereocenters. The predicted octanol–water partition coefficient (Wildman–Crippen LogP) is 4.77. The van der Waals surface area contributed by atoms with Gasteiger partial charge in [-0.25, -0.2) is 0 Å². The Morgan fingerprint density at radius 3 is 2.33 bits per heavy atom. The quantitative estimate of drug-likeness (QED) is 0.863. The van der Waals surface area contributed by atoms with Crippen molar-refractivity contribution >= 4 is 17.3 Å². The molecule has 1 amide bonds. The number of anilines is 2. The van der Waals surface area contributed by atoms with Crippen molar-refractivity contribution in [3.8, 4) is 0 Å². The predicted molar refractivity (Wildman–Crippen MR) is 101 cm³/mol. The minimum absolute atomic E-state index is 0.107. The molecule has 1 unspecified atom stereocenters. The summed E-state index contributed by atoms with van der Waals surface area (Å²) in [7, 11) is 0. The second-order valence-electron chi connectivity index (χ2n) is 6.89. The first-order chi connectivity index (χ1) is 11.4. The maximum absolute atomic E-state index is 13.4. The third-order valence-electron chi connectivity index (χ3n) is 5.10. The first-order valence-corrected chi connectivity index (χ1v) is 8.68. The summed E-state index contributed by atoms with van der Waals surface area (Å²) in [5.41, 5.74) is 7.43. The second kappa shape index (κ2) is 6.31. The van der Waals surface area contributed by atoms with Crippen LogP contribution in [0.3, 0.4) is 0 Å². The van der Waals surface area contributed by atoms with Gasteiger partial charge in [0.25, 0.3) is 5.91 Å². The van der Waals surface area contributed by atoms with Gasteiger partial charge in [0.2, 0.25) is 0 Å². The van der Waals surface area contributed by atoms with E-state index < -0.39 is 0 Å². The van der Waals surface area contributed by atoms with Crippen LogP contribution in [0.25, 0.3) is 0 Å². The van der Waals surface area contributed by atoms with Gasteiger partial charge in [-0.15, -0.1) is 0 Å². The third-order valence-corrected chi connectivity index (χ3v) is 5.10. The molecule has 1 heterocycles. The number of aryl methyl sites for hydroxylation is 4. The van der Waals surface area contributed by atoms with Gasteiger partial charge in [-0.2, -0.15) is 0 Å². The molecule has 0 spiro atoms. The molecule has 1 aliphatic heterocycles. The molecular formula is C21H26N2O. The molecule has 3 heteroatoms. The summed E-state index contributed by atoms with van der Waals surface area (Å²) in [4.78, 5) is 15.3. The SMILES string of the molecule is CCC1CN(C(=O)c2c(C)cccc2C)c2cc(C)c(C)cc2N1. The topological polar surface area (TPSA) is 32.3 Å². The molecule has 2 aromatic rings. The molecule has 24 heavy (non-hydrogen) atoms. The van der Waals surface area contributed by atoms with Crippen LogP contribution in [-0.4, -0.2) is 18.5 Å². The van der Waals surface area contributed by atoms with E-state index in [4.69, 9.17) is 0 Å². The van der Waals surface area contributed by atoms with E-state index in [-0.39, 0.29) is 11.9 Å². The Labute approximate surface area is 144 Å². The highest BCUT2D eigenvalue weighted by atomic mass is 16.2. The van der Waals surface area contributed by atoms with Crippen molar-refractivity contribution in [3.05, 3.63) is 58.1 Å². The smallest absolute Gasteiger partial charge is 0.258 e. The first kappa shape index (κ1) is 16.6. The molecule has 0 radical (unpaired) electrons. The van der Waals surface area contributed by atoms with E-state index in [9.17, 15) is 4.79 Å². The monoisotopic (exact) mass is 322 g/mol. The van der Waals surface area contributed by atoms with Crippen LogP contribution in [0.15, 0.2) is 30.3 Å². The Hall–Kier alpha value is -2.29. The summed E-state index contributed by atoms with van der Waals surface area (Å²) >= 11 is 0. The molecule has 0 saturated heterocycles. The highest BCUT2D eigenvalue weighted by Crippen LogP contribution is 2.35. The van der Waals surface area contributed by atoms with E-state index in [0.29, 0.717) is 6.54 Å². The van der Waals surface area contributed by atoms with Gasteiger partial charge in [-0.1, -0.05) is 25.1 Å². The fraction of sp³-hybridized carbons (Fsp3) is 0.381. The van der Waals surface area contributed by atoms with Crippen molar-refractivity contribution in [2.75, 3.05) is 16.8 Å². The van der Waals surface area contributed by atoms with Gasteiger partial charge in [0.05, 0.1) is 11.4 Å². The highest BCUT2D eigenvalue weighted by Gasteiger charge is 2.29. The number of carbonyl (C=O) groups is 1. The van der Waals surface area contributed by atoms with Crippen LogP contribution < -0.4 is 10.2 Å². The Bertz CT molecular complexity index is 774. The Kier molecular flexibility index (Phi) is 4.35. The summed E-state index contributed by atoms with van der Waals surface area (Å²) in [6.07, 6.45) is 0.989. The van der Waals surface area contributed by atoms with Crippen molar-refractivity contribution in [3.63, 3.8) is 0 Å². The molecule has 2 aromatic carbocycles. The number of rotatable bonds is 2. The summed E-state index contributed by atoms with van der Waals surface area (Å²) < 4.78 is 0. The molecule has 0 bridgehead atoms. The molecule has 1 N–H and O–H groups in total. The maximum atomic E-state index is 13.4. The van der Waals surface area contributed by atoms with E-state index in [2.05, 4.69) is 38.2 Å². The van der Waals surface area contributed by atoms with Gasteiger partial charge in [-0.05, 0) is 68.5 Å². The van der Waals surface area contributed by atoms with Gasteiger partial charge in [0.1, 0.15) is 0 Å². The van der Waals surface area contributed by atoms with Crippen LogP contribution in [0.5, 0.6) is 0 Å². The number of carbonyl (C=O) groups excluding carboxylic acids is 1. The number of nitrogens with one attached hydrogen (secondary N) is 1. The first-order valence-electron chi connectivity index (χ1n) is 8.68. The molecule has 3 rings (SSSR count). The van der Waals surface area contributed by atoms with Crippen molar-refractivity contribution in [1.82, 2.24) is 0 Å².